The Hall–Kier alpha value is -1.26. The van der Waals surface area contributed by atoms with Gasteiger partial charge in [0.1, 0.15) is 4.60 Å². The van der Waals surface area contributed by atoms with Crippen LogP contribution in [0.25, 0.3) is 11.4 Å². The van der Waals surface area contributed by atoms with Crippen LogP contribution >= 0.6 is 15.9 Å². The van der Waals surface area contributed by atoms with Gasteiger partial charge < -0.3 is 5.32 Å². The van der Waals surface area contributed by atoms with Crippen LogP contribution in [0.2, 0.25) is 0 Å². The van der Waals surface area contributed by atoms with Gasteiger partial charge in [-0.05, 0) is 15.9 Å². The summed E-state index contributed by atoms with van der Waals surface area (Å²) in [5, 5.41) is 3.33. The minimum atomic E-state index is 0.804. The first-order chi connectivity index (χ1) is 8.34. The second-order valence-corrected chi connectivity index (χ2v) is 4.81. The van der Waals surface area contributed by atoms with E-state index in [0.29, 0.717) is 0 Å². The van der Waals surface area contributed by atoms with E-state index in [1.807, 2.05) is 30.3 Å². The highest BCUT2D eigenvalue weighted by Gasteiger charge is 2.16. The van der Waals surface area contributed by atoms with Crippen LogP contribution in [0.1, 0.15) is 11.3 Å². The summed E-state index contributed by atoms with van der Waals surface area (Å²) in [6, 6.07) is 10.1. The molecular formula is C13H12BrN3. The number of hydrogen-bond acceptors (Lipinski definition) is 3. The van der Waals surface area contributed by atoms with E-state index in [9.17, 15) is 0 Å². The predicted octanol–water partition coefficient (Wildman–Crippen LogP) is 2.55. The Morgan fingerprint density at radius 1 is 1.12 bits per heavy atom. The molecule has 0 saturated carbocycles. The van der Waals surface area contributed by atoms with Gasteiger partial charge in [0.05, 0.1) is 5.69 Å². The normalized spacial score (nSPS) is 14.4. The second-order valence-electron chi connectivity index (χ2n) is 4.06. The lowest BCUT2D eigenvalue weighted by atomic mass is 10.1. The molecule has 1 N–H and O–H groups in total. The van der Waals surface area contributed by atoms with E-state index in [-0.39, 0.29) is 0 Å². The first-order valence-electron chi connectivity index (χ1n) is 5.66. The highest BCUT2D eigenvalue weighted by Crippen LogP contribution is 2.24. The van der Waals surface area contributed by atoms with Crippen LogP contribution in [0.4, 0.5) is 0 Å². The lowest BCUT2D eigenvalue weighted by Crippen LogP contribution is -2.25. The van der Waals surface area contributed by atoms with Gasteiger partial charge in [-0.25, -0.2) is 9.97 Å². The fourth-order valence-electron chi connectivity index (χ4n) is 2.02. The molecule has 4 heteroatoms. The molecule has 3 nitrogen and oxygen atoms in total. The number of rotatable bonds is 1. The number of hydrogen-bond donors (Lipinski definition) is 1. The van der Waals surface area contributed by atoms with Gasteiger partial charge in [0.15, 0.2) is 5.82 Å². The van der Waals surface area contributed by atoms with Gasteiger partial charge in [-0.1, -0.05) is 30.3 Å². The van der Waals surface area contributed by atoms with Crippen molar-refractivity contribution in [1.29, 1.82) is 0 Å². The SMILES string of the molecule is Brc1nc(-c2ccccc2)nc2c1CNCC2. The predicted molar refractivity (Wildman–Crippen MR) is 70.6 cm³/mol. The zero-order valence-electron chi connectivity index (χ0n) is 9.28. The van der Waals surface area contributed by atoms with Crippen molar-refractivity contribution in [3.05, 3.63) is 46.2 Å². The molecule has 1 aliphatic rings. The van der Waals surface area contributed by atoms with Crippen LogP contribution in [-0.4, -0.2) is 16.5 Å². The summed E-state index contributed by atoms with van der Waals surface area (Å²) < 4.78 is 0.911. The van der Waals surface area contributed by atoms with Gasteiger partial charge in [0.2, 0.25) is 0 Å². The van der Waals surface area contributed by atoms with Gasteiger partial charge >= 0.3 is 0 Å². The molecule has 17 heavy (non-hydrogen) atoms. The fraction of sp³-hybridized carbons (Fsp3) is 0.231. The molecule has 0 aliphatic carbocycles. The molecule has 0 atom stereocenters. The Morgan fingerprint density at radius 3 is 2.76 bits per heavy atom. The van der Waals surface area contributed by atoms with Gasteiger partial charge in [0.25, 0.3) is 0 Å². The highest BCUT2D eigenvalue weighted by molar-refractivity contribution is 9.10. The van der Waals surface area contributed by atoms with Crippen molar-refractivity contribution in [3.63, 3.8) is 0 Å². The maximum absolute atomic E-state index is 4.66. The molecule has 2 heterocycles. The third kappa shape index (κ3) is 2.10. The molecule has 1 aromatic heterocycles. The molecule has 0 radical (unpaired) electrons. The lowest BCUT2D eigenvalue weighted by Gasteiger charge is -2.17. The standard InChI is InChI=1S/C13H12BrN3/c14-12-10-8-15-7-6-11(10)16-13(17-12)9-4-2-1-3-5-9/h1-5,15H,6-8H2. The average Bonchev–Trinajstić information content (AvgIpc) is 2.40. The summed E-state index contributed by atoms with van der Waals surface area (Å²) in [4.78, 5) is 9.19. The monoisotopic (exact) mass is 289 g/mol. The Bertz CT molecular complexity index is 540. The zero-order chi connectivity index (χ0) is 11.7. The summed E-state index contributed by atoms with van der Waals surface area (Å²) in [5.74, 6) is 0.804. The van der Waals surface area contributed by atoms with E-state index >= 15 is 0 Å². The molecule has 0 unspecified atom stereocenters. The van der Waals surface area contributed by atoms with Crippen molar-refractivity contribution in [2.24, 2.45) is 0 Å². The van der Waals surface area contributed by atoms with E-state index < -0.39 is 0 Å². The Morgan fingerprint density at radius 2 is 1.94 bits per heavy atom. The molecule has 0 bridgehead atoms. The minimum absolute atomic E-state index is 0.804. The Balaban J connectivity index is 2.11. The zero-order valence-corrected chi connectivity index (χ0v) is 10.9. The van der Waals surface area contributed by atoms with Crippen molar-refractivity contribution < 1.29 is 0 Å². The van der Waals surface area contributed by atoms with Gasteiger partial charge in [-0.3, -0.25) is 0 Å². The van der Waals surface area contributed by atoms with Crippen molar-refractivity contribution in [1.82, 2.24) is 15.3 Å². The van der Waals surface area contributed by atoms with Gasteiger partial charge in [-0.15, -0.1) is 0 Å². The summed E-state index contributed by atoms with van der Waals surface area (Å²) >= 11 is 3.54. The van der Waals surface area contributed by atoms with Crippen LogP contribution < -0.4 is 5.32 Å². The third-order valence-electron chi connectivity index (χ3n) is 2.91. The van der Waals surface area contributed by atoms with Crippen LogP contribution in [-0.2, 0) is 13.0 Å². The van der Waals surface area contributed by atoms with Crippen molar-refractivity contribution >= 4 is 15.9 Å². The Kier molecular flexibility index (Phi) is 2.91. The summed E-state index contributed by atoms with van der Waals surface area (Å²) in [6.45, 7) is 1.84. The molecular weight excluding hydrogens is 278 g/mol. The van der Waals surface area contributed by atoms with E-state index in [0.717, 1.165) is 41.2 Å². The largest absolute Gasteiger partial charge is 0.312 e. The smallest absolute Gasteiger partial charge is 0.160 e. The molecule has 0 amide bonds. The maximum Gasteiger partial charge on any atom is 0.160 e. The molecule has 2 aromatic rings. The van der Waals surface area contributed by atoms with Crippen LogP contribution in [0.15, 0.2) is 34.9 Å². The minimum Gasteiger partial charge on any atom is -0.312 e. The quantitative estimate of drug-likeness (QED) is 0.820. The molecule has 0 saturated heterocycles. The summed E-state index contributed by atoms with van der Waals surface area (Å²) in [5.41, 5.74) is 3.41. The van der Waals surface area contributed by atoms with Crippen LogP contribution in [0, 0.1) is 0 Å². The van der Waals surface area contributed by atoms with E-state index in [1.165, 1.54) is 5.56 Å². The van der Waals surface area contributed by atoms with Crippen LogP contribution in [0.5, 0.6) is 0 Å². The first-order valence-corrected chi connectivity index (χ1v) is 6.45. The maximum atomic E-state index is 4.66. The van der Waals surface area contributed by atoms with Crippen LogP contribution in [0.3, 0.4) is 0 Å². The number of nitrogens with one attached hydrogen (secondary N) is 1. The third-order valence-corrected chi connectivity index (χ3v) is 3.57. The number of halogens is 1. The number of aromatic nitrogens is 2. The molecule has 0 fully saturated rings. The lowest BCUT2D eigenvalue weighted by molar-refractivity contribution is 0.623. The average molecular weight is 290 g/mol. The molecule has 1 aliphatic heterocycles. The second kappa shape index (κ2) is 4.55. The fourth-order valence-corrected chi connectivity index (χ4v) is 2.56. The number of fused-ring (bicyclic) bond motifs is 1. The van der Waals surface area contributed by atoms with E-state index in [1.54, 1.807) is 0 Å². The summed E-state index contributed by atoms with van der Waals surface area (Å²) in [7, 11) is 0. The Labute approximate surface area is 108 Å². The van der Waals surface area contributed by atoms with Gasteiger partial charge in [0, 0.05) is 30.6 Å². The summed E-state index contributed by atoms with van der Waals surface area (Å²) in [6.07, 6.45) is 0.969. The molecule has 1 aromatic carbocycles. The number of nitrogens with zero attached hydrogens (tertiary/aromatic N) is 2. The van der Waals surface area contributed by atoms with E-state index in [4.69, 9.17) is 0 Å². The number of benzene rings is 1. The molecule has 86 valence electrons. The molecule has 0 spiro atoms. The highest BCUT2D eigenvalue weighted by atomic mass is 79.9. The van der Waals surface area contributed by atoms with Crippen molar-refractivity contribution in [2.45, 2.75) is 13.0 Å². The van der Waals surface area contributed by atoms with Crippen molar-refractivity contribution in [2.75, 3.05) is 6.54 Å². The first kappa shape index (κ1) is 10.9. The van der Waals surface area contributed by atoms with E-state index in [2.05, 4.69) is 31.2 Å². The van der Waals surface area contributed by atoms with Gasteiger partial charge in [-0.2, -0.15) is 0 Å². The topological polar surface area (TPSA) is 37.8 Å². The van der Waals surface area contributed by atoms with Crippen molar-refractivity contribution in [3.8, 4) is 11.4 Å². The molecule has 3 rings (SSSR count).